The molecule has 0 saturated carbocycles. The van der Waals surface area contributed by atoms with Crippen LogP contribution in [0, 0.1) is 0 Å². The largest absolute Gasteiger partial charge is 0.357 e. The molecule has 3 rings (SSSR count). The third kappa shape index (κ3) is 1.42. The Morgan fingerprint density at radius 1 is 1.40 bits per heavy atom. The van der Waals surface area contributed by atoms with Crippen LogP contribution in [-0.2, 0) is 12.8 Å². The highest BCUT2D eigenvalue weighted by molar-refractivity contribution is 9.10. The molecule has 15 heavy (non-hydrogen) atoms. The van der Waals surface area contributed by atoms with Crippen molar-refractivity contribution in [2.75, 3.05) is 0 Å². The molecular formula is C12H13BrN2. The smallest absolute Gasteiger partial charge is 0.0603 e. The van der Waals surface area contributed by atoms with Crippen molar-refractivity contribution >= 4 is 26.8 Å². The number of aromatic amines is 1. The van der Waals surface area contributed by atoms with Crippen molar-refractivity contribution in [2.45, 2.75) is 25.3 Å². The standard InChI is InChI=1S/C12H13BrN2/c13-10-3-1-2-8-9-6-7(14)4-5-11(9)15-12(8)10/h1-3,7,15H,4-6,14H2. The van der Waals surface area contributed by atoms with Gasteiger partial charge in [-0.25, -0.2) is 0 Å². The van der Waals surface area contributed by atoms with E-state index in [1.165, 1.54) is 22.2 Å². The third-order valence-corrected chi connectivity index (χ3v) is 3.87. The molecule has 0 fully saturated rings. The summed E-state index contributed by atoms with van der Waals surface area (Å²) >= 11 is 3.58. The second-order valence-electron chi connectivity index (χ2n) is 4.25. The summed E-state index contributed by atoms with van der Waals surface area (Å²) in [5, 5.41) is 1.33. The van der Waals surface area contributed by atoms with Gasteiger partial charge in [0.25, 0.3) is 0 Å². The quantitative estimate of drug-likeness (QED) is 0.755. The Hall–Kier alpha value is -0.800. The van der Waals surface area contributed by atoms with E-state index in [0.717, 1.165) is 23.7 Å². The molecule has 0 bridgehead atoms. The Morgan fingerprint density at radius 2 is 2.27 bits per heavy atom. The average molecular weight is 265 g/mol. The fraction of sp³-hybridized carbons (Fsp3) is 0.333. The number of H-pyrrole nitrogens is 1. The van der Waals surface area contributed by atoms with E-state index in [1.807, 2.05) is 0 Å². The molecule has 1 aliphatic rings. The molecule has 1 heterocycles. The molecule has 78 valence electrons. The van der Waals surface area contributed by atoms with Crippen LogP contribution >= 0.6 is 15.9 Å². The highest BCUT2D eigenvalue weighted by atomic mass is 79.9. The molecule has 0 amide bonds. The zero-order valence-corrected chi connectivity index (χ0v) is 9.97. The van der Waals surface area contributed by atoms with Crippen molar-refractivity contribution in [1.82, 2.24) is 4.98 Å². The van der Waals surface area contributed by atoms with Crippen LogP contribution in [0.15, 0.2) is 22.7 Å². The Bertz CT molecular complexity index is 516. The Balaban J connectivity index is 2.29. The van der Waals surface area contributed by atoms with E-state index in [9.17, 15) is 0 Å². The predicted octanol–water partition coefficient (Wildman–Crippen LogP) is 2.75. The monoisotopic (exact) mass is 264 g/mol. The van der Waals surface area contributed by atoms with Crippen LogP contribution in [0.4, 0.5) is 0 Å². The number of hydrogen-bond acceptors (Lipinski definition) is 1. The summed E-state index contributed by atoms with van der Waals surface area (Å²) < 4.78 is 1.14. The van der Waals surface area contributed by atoms with Crippen molar-refractivity contribution in [3.8, 4) is 0 Å². The molecule has 3 N–H and O–H groups in total. The molecule has 1 atom stereocenters. The first-order chi connectivity index (χ1) is 7.25. The van der Waals surface area contributed by atoms with E-state index < -0.39 is 0 Å². The lowest BCUT2D eigenvalue weighted by atomic mass is 9.92. The predicted molar refractivity (Wildman–Crippen MR) is 66.0 cm³/mol. The molecule has 0 radical (unpaired) electrons. The minimum atomic E-state index is 0.329. The molecule has 3 heteroatoms. The second kappa shape index (κ2) is 3.35. The molecule has 1 aromatic heterocycles. The number of nitrogens with two attached hydrogens (primary N) is 1. The van der Waals surface area contributed by atoms with Crippen molar-refractivity contribution in [1.29, 1.82) is 0 Å². The molecular weight excluding hydrogens is 252 g/mol. The number of halogens is 1. The first-order valence-corrected chi connectivity index (χ1v) is 6.08. The number of aryl methyl sites for hydroxylation is 1. The van der Waals surface area contributed by atoms with Crippen molar-refractivity contribution in [3.05, 3.63) is 33.9 Å². The van der Waals surface area contributed by atoms with Gasteiger partial charge in [-0.15, -0.1) is 0 Å². The zero-order valence-electron chi connectivity index (χ0n) is 8.39. The van der Waals surface area contributed by atoms with Gasteiger partial charge < -0.3 is 10.7 Å². The summed E-state index contributed by atoms with van der Waals surface area (Å²) in [4.78, 5) is 3.50. The number of nitrogens with one attached hydrogen (secondary N) is 1. The van der Waals surface area contributed by atoms with E-state index in [-0.39, 0.29) is 0 Å². The van der Waals surface area contributed by atoms with Crippen LogP contribution in [0.5, 0.6) is 0 Å². The first kappa shape index (κ1) is 9.43. The van der Waals surface area contributed by atoms with E-state index in [2.05, 4.69) is 39.1 Å². The number of hydrogen-bond donors (Lipinski definition) is 2. The third-order valence-electron chi connectivity index (χ3n) is 3.21. The molecule has 2 nitrogen and oxygen atoms in total. The lowest BCUT2D eigenvalue weighted by molar-refractivity contribution is 0.574. The van der Waals surface area contributed by atoms with Gasteiger partial charge in [-0.05, 0) is 46.8 Å². The van der Waals surface area contributed by atoms with Crippen LogP contribution in [-0.4, -0.2) is 11.0 Å². The van der Waals surface area contributed by atoms with Gasteiger partial charge in [-0.3, -0.25) is 0 Å². The van der Waals surface area contributed by atoms with Gasteiger partial charge in [0.05, 0.1) is 5.52 Å². The highest BCUT2D eigenvalue weighted by Crippen LogP contribution is 2.32. The molecule has 1 aliphatic carbocycles. The van der Waals surface area contributed by atoms with Gasteiger partial charge in [0.15, 0.2) is 0 Å². The molecule has 1 aromatic carbocycles. The average Bonchev–Trinajstić information content (AvgIpc) is 2.58. The summed E-state index contributed by atoms with van der Waals surface area (Å²) in [5.74, 6) is 0. The maximum atomic E-state index is 6.01. The number of fused-ring (bicyclic) bond motifs is 3. The van der Waals surface area contributed by atoms with E-state index in [0.29, 0.717) is 6.04 Å². The van der Waals surface area contributed by atoms with Crippen LogP contribution in [0.1, 0.15) is 17.7 Å². The van der Waals surface area contributed by atoms with Gasteiger partial charge in [-0.2, -0.15) is 0 Å². The van der Waals surface area contributed by atoms with Gasteiger partial charge >= 0.3 is 0 Å². The fourth-order valence-electron chi connectivity index (χ4n) is 2.43. The summed E-state index contributed by atoms with van der Waals surface area (Å²) in [6.07, 6.45) is 3.18. The molecule has 0 aliphatic heterocycles. The number of benzene rings is 1. The Labute approximate surface area is 97.0 Å². The zero-order chi connectivity index (χ0) is 10.4. The second-order valence-corrected chi connectivity index (χ2v) is 5.10. The van der Waals surface area contributed by atoms with Crippen molar-refractivity contribution < 1.29 is 0 Å². The van der Waals surface area contributed by atoms with Crippen LogP contribution in [0.2, 0.25) is 0 Å². The van der Waals surface area contributed by atoms with Crippen LogP contribution in [0.3, 0.4) is 0 Å². The molecule has 2 aromatic rings. The summed E-state index contributed by atoms with van der Waals surface area (Å²) in [7, 11) is 0. The molecule has 0 saturated heterocycles. The summed E-state index contributed by atoms with van der Waals surface area (Å²) in [6.45, 7) is 0. The maximum absolute atomic E-state index is 6.01. The normalized spacial score (nSPS) is 20.5. The maximum Gasteiger partial charge on any atom is 0.0603 e. The number of rotatable bonds is 0. The highest BCUT2D eigenvalue weighted by Gasteiger charge is 2.20. The van der Waals surface area contributed by atoms with E-state index >= 15 is 0 Å². The fourth-order valence-corrected chi connectivity index (χ4v) is 2.90. The minimum absolute atomic E-state index is 0.329. The topological polar surface area (TPSA) is 41.8 Å². The van der Waals surface area contributed by atoms with E-state index in [1.54, 1.807) is 0 Å². The number of para-hydroxylation sites is 1. The minimum Gasteiger partial charge on any atom is -0.357 e. The molecule has 1 unspecified atom stereocenters. The van der Waals surface area contributed by atoms with E-state index in [4.69, 9.17) is 5.73 Å². The summed E-state index contributed by atoms with van der Waals surface area (Å²) in [5.41, 5.74) is 10.0. The number of aromatic nitrogens is 1. The van der Waals surface area contributed by atoms with Crippen LogP contribution < -0.4 is 5.73 Å². The lowest BCUT2D eigenvalue weighted by Gasteiger charge is -2.17. The van der Waals surface area contributed by atoms with Crippen LogP contribution in [0.25, 0.3) is 10.9 Å². The Kier molecular flexibility index (Phi) is 2.11. The SMILES string of the molecule is NC1CCc2[nH]c3c(Br)cccc3c2C1. The first-order valence-electron chi connectivity index (χ1n) is 5.29. The van der Waals surface area contributed by atoms with Gasteiger partial charge in [0, 0.05) is 21.6 Å². The summed E-state index contributed by atoms with van der Waals surface area (Å²) in [6, 6.07) is 6.66. The van der Waals surface area contributed by atoms with Gasteiger partial charge in [0.2, 0.25) is 0 Å². The van der Waals surface area contributed by atoms with Crippen molar-refractivity contribution in [3.63, 3.8) is 0 Å². The van der Waals surface area contributed by atoms with Gasteiger partial charge in [-0.1, -0.05) is 12.1 Å². The molecule has 0 spiro atoms. The lowest BCUT2D eigenvalue weighted by Crippen LogP contribution is -2.27. The van der Waals surface area contributed by atoms with Gasteiger partial charge in [0.1, 0.15) is 0 Å². The Morgan fingerprint density at radius 3 is 3.13 bits per heavy atom. The van der Waals surface area contributed by atoms with Crippen molar-refractivity contribution in [2.24, 2.45) is 5.73 Å².